The molecule has 2 aromatic heterocycles. The molecule has 7 nitrogen and oxygen atoms in total. The van der Waals surface area contributed by atoms with E-state index in [1.807, 2.05) is 17.5 Å². The number of hydrogen-bond acceptors (Lipinski definition) is 6. The summed E-state index contributed by atoms with van der Waals surface area (Å²) in [6.45, 7) is -0.0431. The summed E-state index contributed by atoms with van der Waals surface area (Å²) in [6.07, 6.45) is 3.96. The highest BCUT2D eigenvalue weighted by Crippen LogP contribution is 2.51. The average molecular weight is 342 g/mol. The summed E-state index contributed by atoms with van der Waals surface area (Å²) in [4.78, 5) is 0.904. The third-order valence-electron chi connectivity index (χ3n) is 4.23. The van der Waals surface area contributed by atoms with Crippen LogP contribution < -0.4 is 4.72 Å². The number of aliphatic hydroxyl groups is 1. The second kappa shape index (κ2) is 5.73. The summed E-state index contributed by atoms with van der Waals surface area (Å²) < 4.78 is 29.2. The Hall–Kier alpha value is -1.29. The molecule has 0 saturated heterocycles. The normalized spacial score (nSPS) is 18.8. The van der Waals surface area contributed by atoms with Gasteiger partial charge in [0.05, 0.1) is 18.8 Å². The maximum absolute atomic E-state index is 12.5. The molecule has 0 amide bonds. The number of nitrogens with zero attached hydrogens (tertiary/aromatic N) is 3. The molecule has 0 aliphatic heterocycles. The molecule has 22 heavy (non-hydrogen) atoms. The molecule has 1 aliphatic carbocycles. The number of thiophene rings is 1. The summed E-state index contributed by atoms with van der Waals surface area (Å²) in [7, 11) is -2.17. The molecule has 1 aliphatic rings. The van der Waals surface area contributed by atoms with Crippen molar-refractivity contribution in [3.63, 3.8) is 0 Å². The highest BCUT2D eigenvalue weighted by atomic mass is 32.2. The highest BCUT2D eigenvalue weighted by Gasteiger charge is 2.46. The summed E-state index contributed by atoms with van der Waals surface area (Å²) >= 11 is 1.48. The Morgan fingerprint density at radius 1 is 1.55 bits per heavy atom. The molecular weight excluding hydrogens is 324 g/mol. The first-order valence-electron chi connectivity index (χ1n) is 7.00. The van der Waals surface area contributed by atoms with Crippen LogP contribution in [0.3, 0.4) is 0 Å². The zero-order valence-electron chi connectivity index (χ0n) is 12.1. The molecule has 1 atom stereocenters. The maximum Gasteiger partial charge on any atom is 0.262 e. The number of rotatable bonds is 6. The van der Waals surface area contributed by atoms with Crippen molar-refractivity contribution in [1.82, 2.24) is 19.7 Å². The lowest BCUT2D eigenvalue weighted by molar-refractivity contribution is 0.0140. The van der Waals surface area contributed by atoms with Gasteiger partial charge in [0, 0.05) is 17.3 Å². The van der Waals surface area contributed by atoms with Gasteiger partial charge in [-0.15, -0.1) is 16.4 Å². The first-order valence-corrected chi connectivity index (χ1v) is 9.36. The molecule has 0 aromatic carbocycles. The molecule has 1 unspecified atom stereocenters. The third-order valence-corrected chi connectivity index (χ3v) is 6.46. The molecule has 1 fully saturated rings. The topological polar surface area (TPSA) is 97.1 Å². The van der Waals surface area contributed by atoms with E-state index in [0.29, 0.717) is 0 Å². The molecule has 0 spiro atoms. The van der Waals surface area contributed by atoms with E-state index in [-0.39, 0.29) is 11.6 Å². The van der Waals surface area contributed by atoms with Crippen molar-refractivity contribution in [3.05, 3.63) is 28.6 Å². The standard InChI is InChI=1S/C13H18N4O3S2/c1-17-8-11(14-16-17)22(19,20)15-12(10-4-2-7-21-10)13(9-18)5-3-6-13/h2,4,7-8,12,15,18H,3,5-6,9H2,1H3. The van der Waals surface area contributed by atoms with E-state index in [1.54, 1.807) is 7.05 Å². The zero-order chi connectivity index (χ0) is 15.8. The minimum atomic E-state index is -3.78. The summed E-state index contributed by atoms with van der Waals surface area (Å²) in [5, 5.41) is 19.0. The van der Waals surface area contributed by atoms with Crippen molar-refractivity contribution in [1.29, 1.82) is 0 Å². The molecule has 2 aromatic rings. The second-order valence-corrected chi connectivity index (χ2v) is 8.31. The van der Waals surface area contributed by atoms with Gasteiger partial charge in [0.25, 0.3) is 10.0 Å². The van der Waals surface area contributed by atoms with Crippen LogP contribution in [0, 0.1) is 5.41 Å². The molecule has 0 bridgehead atoms. The summed E-state index contributed by atoms with van der Waals surface area (Å²) in [5.41, 5.74) is -0.430. The first kappa shape index (κ1) is 15.6. The fourth-order valence-corrected chi connectivity index (χ4v) is 5.01. The van der Waals surface area contributed by atoms with Crippen LogP contribution in [-0.4, -0.2) is 35.1 Å². The fraction of sp³-hybridized carbons (Fsp3) is 0.538. The maximum atomic E-state index is 12.5. The van der Waals surface area contributed by atoms with Crippen LogP contribution in [0.25, 0.3) is 0 Å². The highest BCUT2D eigenvalue weighted by molar-refractivity contribution is 7.89. The van der Waals surface area contributed by atoms with Crippen molar-refractivity contribution >= 4 is 21.4 Å². The van der Waals surface area contributed by atoms with E-state index in [1.165, 1.54) is 22.2 Å². The van der Waals surface area contributed by atoms with E-state index in [0.717, 1.165) is 24.1 Å². The molecule has 2 heterocycles. The Morgan fingerprint density at radius 2 is 2.32 bits per heavy atom. The van der Waals surface area contributed by atoms with E-state index >= 15 is 0 Å². The number of sulfonamides is 1. The lowest BCUT2D eigenvalue weighted by atomic mass is 9.64. The number of aryl methyl sites for hydroxylation is 1. The fourth-order valence-electron chi connectivity index (χ4n) is 2.77. The number of aliphatic hydroxyl groups excluding tert-OH is 1. The van der Waals surface area contributed by atoms with Gasteiger partial charge in [0.2, 0.25) is 5.03 Å². The van der Waals surface area contributed by atoms with Gasteiger partial charge in [-0.05, 0) is 24.3 Å². The van der Waals surface area contributed by atoms with Crippen LogP contribution in [0.2, 0.25) is 0 Å². The predicted octanol–water partition coefficient (Wildman–Crippen LogP) is 1.06. The average Bonchev–Trinajstić information content (AvgIpc) is 3.07. The summed E-state index contributed by atoms with van der Waals surface area (Å²) in [6, 6.07) is 3.33. The Kier molecular flexibility index (Phi) is 4.06. The van der Waals surface area contributed by atoms with Gasteiger partial charge in [-0.25, -0.2) is 13.1 Å². The van der Waals surface area contributed by atoms with Crippen LogP contribution in [-0.2, 0) is 17.1 Å². The van der Waals surface area contributed by atoms with Gasteiger partial charge < -0.3 is 5.11 Å². The zero-order valence-corrected chi connectivity index (χ0v) is 13.8. The van der Waals surface area contributed by atoms with Crippen LogP contribution in [0.15, 0.2) is 28.7 Å². The Bertz CT molecular complexity index is 730. The number of nitrogens with one attached hydrogen (secondary N) is 1. The molecule has 0 radical (unpaired) electrons. The van der Waals surface area contributed by atoms with Crippen molar-refractivity contribution in [2.75, 3.05) is 6.61 Å². The second-order valence-electron chi connectivity index (χ2n) is 5.67. The Morgan fingerprint density at radius 3 is 2.77 bits per heavy atom. The van der Waals surface area contributed by atoms with Crippen molar-refractivity contribution in [2.24, 2.45) is 12.5 Å². The van der Waals surface area contributed by atoms with Crippen LogP contribution in [0.4, 0.5) is 0 Å². The molecule has 2 N–H and O–H groups in total. The van der Waals surface area contributed by atoms with Gasteiger partial charge in [-0.3, -0.25) is 4.68 Å². The lowest BCUT2D eigenvalue weighted by Gasteiger charge is -2.46. The minimum absolute atomic E-state index is 0.0431. The van der Waals surface area contributed by atoms with Crippen LogP contribution in [0.1, 0.15) is 30.2 Å². The largest absolute Gasteiger partial charge is 0.396 e. The van der Waals surface area contributed by atoms with Crippen LogP contribution >= 0.6 is 11.3 Å². The van der Waals surface area contributed by atoms with E-state index in [2.05, 4.69) is 15.0 Å². The molecular formula is C13H18N4O3S2. The molecule has 9 heteroatoms. The monoisotopic (exact) mass is 342 g/mol. The molecule has 3 rings (SSSR count). The third kappa shape index (κ3) is 2.69. The van der Waals surface area contributed by atoms with Crippen LogP contribution in [0.5, 0.6) is 0 Å². The van der Waals surface area contributed by atoms with Gasteiger partial charge in [0.15, 0.2) is 0 Å². The first-order chi connectivity index (χ1) is 10.5. The van der Waals surface area contributed by atoms with E-state index < -0.39 is 21.5 Å². The smallest absolute Gasteiger partial charge is 0.262 e. The quantitative estimate of drug-likeness (QED) is 0.818. The van der Waals surface area contributed by atoms with Gasteiger partial charge in [-0.1, -0.05) is 17.7 Å². The van der Waals surface area contributed by atoms with Crippen molar-refractivity contribution < 1.29 is 13.5 Å². The Labute approximate surface area is 133 Å². The van der Waals surface area contributed by atoms with Crippen molar-refractivity contribution in [2.45, 2.75) is 30.3 Å². The molecule has 120 valence electrons. The van der Waals surface area contributed by atoms with Gasteiger partial charge >= 0.3 is 0 Å². The lowest BCUT2D eigenvalue weighted by Crippen LogP contribution is -2.47. The minimum Gasteiger partial charge on any atom is -0.396 e. The number of aromatic nitrogens is 3. The van der Waals surface area contributed by atoms with E-state index in [4.69, 9.17) is 0 Å². The number of hydrogen-bond donors (Lipinski definition) is 2. The molecule has 1 saturated carbocycles. The Balaban J connectivity index is 1.94. The van der Waals surface area contributed by atoms with Gasteiger partial charge in [0.1, 0.15) is 0 Å². The SMILES string of the molecule is Cn1cc(S(=O)(=O)NC(c2cccs2)C2(CO)CCC2)nn1. The summed E-state index contributed by atoms with van der Waals surface area (Å²) in [5.74, 6) is 0. The van der Waals surface area contributed by atoms with Gasteiger partial charge in [-0.2, -0.15) is 0 Å². The van der Waals surface area contributed by atoms with Crippen molar-refractivity contribution in [3.8, 4) is 0 Å². The predicted molar refractivity (Wildman–Crippen MR) is 81.8 cm³/mol. The van der Waals surface area contributed by atoms with E-state index in [9.17, 15) is 13.5 Å².